The minimum atomic E-state index is 0.0654. The third kappa shape index (κ3) is 3.62. The number of benzene rings is 2. The number of hydrogen-bond donors (Lipinski definition) is 2. The highest BCUT2D eigenvalue weighted by atomic mass is 79.9. The molecule has 3 heterocycles. The number of aromatic amines is 1. The van der Waals surface area contributed by atoms with Crippen molar-refractivity contribution >= 4 is 43.9 Å². The van der Waals surface area contributed by atoms with Gasteiger partial charge in [-0.05, 0) is 18.2 Å². The lowest BCUT2D eigenvalue weighted by Crippen LogP contribution is -2.38. The Morgan fingerprint density at radius 3 is 2.90 bits per heavy atom. The minimum Gasteiger partial charge on any atom is -0.494 e. The van der Waals surface area contributed by atoms with Crippen molar-refractivity contribution in [2.45, 2.75) is 0 Å². The van der Waals surface area contributed by atoms with Crippen molar-refractivity contribution in [1.82, 2.24) is 9.88 Å². The number of aliphatic imine (C=N–C) groups is 1. The molecule has 7 nitrogen and oxygen atoms in total. The number of H-pyrrole nitrogens is 1. The first-order valence-corrected chi connectivity index (χ1v) is 10.7. The van der Waals surface area contributed by atoms with Gasteiger partial charge in [0.2, 0.25) is 0 Å². The van der Waals surface area contributed by atoms with Gasteiger partial charge in [-0.25, -0.2) is 4.99 Å². The lowest BCUT2D eigenvalue weighted by Gasteiger charge is -2.25. The van der Waals surface area contributed by atoms with Crippen LogP contribution < -0.4 is 0 Å². The Kier molecular flexibility index (Phi) is 5.28. The lowest BCUT2D eigenvalue weighted by atomic mass is 10.0. The molecule has 2 N–H and O–H groups in total. The Morgan fingerprint density at radius 2 is 2.03 bits per heavy atom. The zero-order valence-corrected chi connectivity index (χ0v) is 17.9. The summed E-state index contributed by atoms with van der Waals surface area (Å²) in [4.78, 5) is 15.8. The molecule has 1 aromatic heterocycles. The average molecular weight is 469 g/mol. The Balaban J connectivity index is 1.46. The molecule has 3 aromatic rings. The summed E-state index contributed by atoms with van der Waals surface area (Å²) in [7, 11) is 0. The fourth-order valence-corrected chi connectivity index (χ4v) is 4.20. The van der Waals surface area contributed by atoms with Crippen LogP contribution in [0.1, 0.15) is 11.1 Å². The number of morpholine rings is 1. The summed E-state index contributed by atoms with van der Waals surface area (Å²) >= 11 is 3.47. The molecule has 0 radical (unpaired) electrons. The Morgan fingerprint density at radius 1 is 1.20 bits per heavy atom. The number of aromatic nitrogens is 1. The van der Waals surface area contributed by atoms with Gasteiger partial charge < -0.3 is 19.7 Å². The second kappa shape index (κ2) is 8.22. The first kappa shape index (κ1) is 19.3. The summed E-state index contributed by atoms with van der Waals surface area (Å²) < 4.78 is 6.31. The van der Waals surface area contributed by atoms with Crippen LogP contribution in [0.3, 0.4) is 0 Å². The van der Waals surface area contributed by atoms with Crippen LogP contribution in [-0.2, 0) is 9.57 Å². The van der Waals surface area contributed by atoms with Gasteiger partial charge in [-0.2, -0.15) is 0 Å². The van der Waals surface area contributed by atoms with E-state index in [4.69, 9.17) is 14.6 Å². The number of halogens is 1. The van der Waals surface area contributed by atoms with E-state index in [9.17, 15) is 5.11 Å². The Hall–Kier alpha value is -2.68. The Labute approximate surface area is 182 Å². The number of hydrogen-bond acceptors (Lipinski definition) is 6. The van der Waals surface area contributed by atoms with Gasteiger partial charge in [-0.1, -0.05) is 45.4 Å². The van der Waals surface area contributed by atoms with Crippen molar-refractivity contribution in [1.29, 1.82) is 0 Å². The molecule has 154 valence electrons. The van der Waals surface area contributed by atoms with Crippen molar-refractivity contribution in [3.63, 3.8) is 0 Å². The molecule has 30 heavy (non-hydrogen) atoms. The number of ether oxygens (including phenoxy) is 1. The van der Waals surface area contributed by atoms with Crippen molar-refractivity contribution in [2.75, 3.05) is 39.5 Å². The lowest BCUT2D eigenvalue weighted by molar-refractivity contribution is 0.0213. The quantitative estimate of drug-likeness (QED) is 0.440. The number of para-hydroxylation sites is 1. The maximum Gasteiger partial charge on any atom is 0.199 e. The van der Waals surface area contributed by atoms with E-state index in [1.165, 1.54) is 0 Å². The zero-order chi connectivity index (χ0) is 20.5. The van der Waals surface area contributed by atoms with E-state index in [-0.39, 0.29) is 5.88 Å². The van der Waals surface area contributed by atoms with E-state index in [0.29, 0.717) is 23.6 Å². The molecule has 0 unspecified atom stereocenters. The van der Waals surface area contributed by atoms with Crippen LogP contribution in [0.4, 0.5) is 5.69 Å². The molecule has 2 aliphatic rings. The summed E-state index contributed by atoms with van der Waals surface area (Å²) in [5.41, 5.74) is 4.39. The Bertz CT molecular complexity index is 1150. The first-order chi connectivity index (χ1) is 14.7. The molecule has 5 rings (SSSR count). The smallest absolute Gasteiger partial charge is 0.199 e. The molecule has 0 amide bonds. The van der Waals surface area contributed by atoms with Crippen LogP contribution >= 0.6 is 15.9 Å². The third-order valence-electron chi connectivity index (χ3n) is 5.35. The average Bonchev–Trinajstić information content (AvgIpc) is 3.27. The van der Waals surface area contributed by atoms with E-state index in [0.717, 1.165) is 59.5 Å². The third-order valence-corrected chi connectivity index (χ3v) is 5.84. The van der Waals surface area contributed by atoms with Gasteiger partial charge in [-0.15, -0.1) is 0 Å². The maximum absolute atomic E-state index is 10.7. The minimum absolute atomic E-state index is 0.0654. The van der Waals surface area contributed by atoms with Crippen LogP contribution in [0.2, 0.25) is 0 Å². The molecule has 2 aliphatic heterocycles. The monoisotopic (exact) mass is 468 g/mol. The van der Waals surface area contributed by atoms with Crippen molar-refractivity contribution in [3.05, 3.63) is 58.1 Å². The molecule has 1 saturated heterocycles. The highest BCUT2D eigenvalue weighted by molar-refractivity contribution is 9.10. The van der Waals surface area contributed by atoms with E-state index < -0.39 is 0 Å². The summed E-state index contributed by atoms with van der Waals surface area (Å²) in [6, 6.07) is 13.6. The van der Waals surface area contributed by atoms with Crippen molar-refractivity contribution < 1.29 is 14.7 Å². The normalized spacial score (nSPS) is 18.0. The van der Waals surface area contributed by atoms with Crippen LogP contribution in [0.25, 0.3) is 10.9 Å². The van der Waals surface area contributed by atoms with E-state index in [2.05, 4.69) is 31.0 Å². The summed E-state index contributed by atoms with van der Waals surface area (Å²) in [5, 5.41) is 16.0. The summed E-state index contributed by atoms with van der Waals surface area (Å²) in [6.07, 6.45) is 0. The highest BCUT2D eigenvalue weighted by Crippen LogP contribution is 2.36. The van der Waals surface area contributed by atoms with Crippen molar-refractivity contribution in [2.24, 2.45) is 10.1 Å². The molecule has 0 bridgehead atoms. The maximum atomic E-state index is 10.7. The van der Waals surface area contributed by atoms with Gasteiger partial charge in [-0.3, -0.25) is 4.90 Å². The fraction of sp³-hybridized carbons (Fsp3) is 0.273. The second-order valence-corrected chi connectivity index (χ2v) is 8.16. The van der Waals surface area contributed by atoms with Gasteiger partial charge in [0.25, 0.3) is 0 Å². The SMILES string of the molecule is Oc1[nH]c2cc(Br)ccc2c1C1=Nc2ccccc2/C1=N/OCCN1CCOCC1. The van der Waals surface area contributed by atoms with Crippen LogP contribution in [0.15, 0.2) is 57.1 Å². The van der Waals surface area contributed by atoms with Crippen molar-refractivity contribution in [3.8, 4) is 5.88 Å². The van der Waals surface area contributed by atoms with Crippen LogP contribution in [0, 0.1) is 0 Å². The molecule has 0 spiro atoms. The zero-order valence-electron chi connectivity index (χ0n) is 16.3. The highest BCUT2D eigenvalue weighted by Gasteiger charge is 2.29. The van der Waals surface area contributed by atoms with E-state index >= 15 is 0 Å². The summed E-state index contributed by atoms with van der Waals surface area (Å²) in [6.45, 7) is 4.61. The largest absolute Gasteiger partial charge is 0.494 e. The predicted octanol–water partition coefficient (Wildman–Crippen LogP) is 3.82. The number of fused-ring (bicyclic) bond motifs is 2. The van der Waals surface area contributed by atoms with Gasteiger partial charge in [0, 0.05) is 35.1 Å². The number of rotatable bonds is 5. The first-order valence-electron chi connectivity index (χ1n) is 9.90. The molecule has 2 aromatic carbocycles. The topological polar surface area (TPSA) is 82.4 Å². The molecule has 1 fully saturated rings. The van der Waals surface area contributed by atoms with Gasteiger partial charge in [0.15, 0.2) is 5.88 Å². The summed E-state index contributed by atoms with van der Waals surface area (Å²) in [5.74, 6) is 0.0654. The van der Waals surface area contributed by atoms with Gasteiger partial charge in [0.05, 0.1) is 30.0 Å². The number of oxime groups is 1. The molecular weight excluding hydrogens is 448 g/mol. The predicted molar refractivity (Wildman–Crippen MR) is 120 cm³/mol. The van der Waals surface area contributed by atoms with Crippen LogP contribution in [0.5, 0.6) is 5.88 Å². The molecule has 0 atom stereocenters. The van der Waals surface area contributed by atoms with Crippen LogP contribution in [-0.4, -0.2) is 65.9 Å². The number of nitrogens with zero attached hydrogens (tertiary/aromatic N) is 3. The van der Waals surface area contributed by atoms with E-state index in [1.54, 1.807) is 0 Å². The number of aromatic hydroxyl groups is 1. The van der Waals surface area contributed by atoms with Gasteiger partial charge >= 0.3 is 0 Å². The molecule has 0 saturated carbocycles. The molecule has 0 aliphatic carbocycles. The standard InChI is InChI=1S/C22H21BrN4O3/c23-14-5-6-15-18(13-14)25-22(28)19(15)21-20(16-3-1-2-4-17(16)24-21)26-30-12-9-27-7-10-29-11-8-27/h1-6,13,25,28H,7-12H2/b26-20-. The number of nitrogens with one attached hydrogen (secondary N) is 1. The second-order valence-electron chi connectivity index (χ2n) is 7.24. The van der Waals surface area contributed by atoms with E-state index in [1.807, 2.05) is 42.5 Å². The molecule has 8 heteroatoms. The molecular formula is C22H21BrN4O3. The van der Waals surface area contributed by atoms with Gasteiger partial charge in [0.1, 0.15) is 18.0 Å². The fourth-order valence-electron chi connectivity index (χ4n) is 3.84.